The van der Waals surface area contributed by atoms with Gasteiger partial charge in [0.15, 0.2) is 0 Å². The molecule has 4 rings (SSSR count). The maximum atomic E-state index is 13.0. The lowest BCUT2D eigenvalue weighted by molar-refractivity contribution is -0.120. The van der Waals surface area contributed by atoms with Gasteiger partial charge in [-0.15, -0.1) is 0 Å². The fourth-order valence-electron chi connectivity index (χ4n) is 4.87. The van der Waals surface area contributed by atoms with Gasteiger partial charge in [-0.25, -0.2) is 14.6 Å². The average Bonchev–Trinajstić information content (AvgIpc) is 3.38. The second-order valence-corrected chi connectivity index (χ2v) is 11.1. The van der Waals surface area contributed by atoms with Crippen LogP contribution in [0.3, 0.4) is 0 Å². The van der Waals surface area contributed by atoms with Gasteiger partial charge in [-0.05, 0) is 69.7 Å². The van der Waals surface area contributed by atoms with Crippen molar-refractivity contribution in [2.45, 2.75) is 63.9 Å². The van der Waals surface area contributed by atoms with Gasteiger partial charge in [-0.1, -0.05) is 12.2 Å². The molecule has 208 valence electrons. The van der Waals surface area contributed by atoms with Crippen molar-refractivity contribution in [3.05, 3.63) is 58.6 Å². The zero-order chi connectivity index (χ0) is 28.2. The van der Waals surface area contributed by atoms with Crippen LogP contribution in [0.1, 0.15) is 72.8 Å². The first-order chi connectivity index (χ1) is 18.5. The fourth-order valence-corrected chi connectivity index (χ4v) is 4.87. The number of nitrogens with one attached hydrogen (secondary N) is 1. The number of hydrogen-bond acceptors (Lipinski definition) is 7. The molecule has 0 radical (unpaired) electrons. The number of nitrogens with zero attached hydrogens (tertiary/aromatic N) is 3. The zero-order valence-corrected chi connectivity index (χ0v) is 23.0. The Bertz CT molecular complexity index is 1290. The molecular weight excluding hydrogens is 500 g/mol. The number of carbonyl (C=O) groups excluding carboxylic acids is 2. The van der Waals surface area contributed by atoms with E-state index in [0.29, 0.717) is 38.4 Å². The van der Waals surface area contributed by atoms with Gasteiger partial charge in [0.25, 0.3) is 0 Å². The minimum atomic E-state index is -1.04. The van der Waals surface area contributed by atoms with Crippen molar-refractivity contribution in [1.82, 2.24) is 14.9 Å². The molecule has 2 aromatic rings. The van der Waals surface area contributed by atoms with Gasteiger partial charge in [0.1, 0.15) is 11.4 Å². The van der Waals surface area contributed by atoms with Crippen molar-refractivity contribution in [2.24, 2.45) is 0 Å². The van der Waals surface area contributed by atoms with Crippen LogP contribution in [0.2, 0.25) is 0 Å². The molecule has 0 unspecified atom stereocenters. The van der Waals surface area contributed by atoms with Crippen LogP contribution in [0, 0.1) is 0 Å². The molecule has 10 nitrogen and oxygen atoms in total. The van der Waals surface area contributed by atoms with E-state index in [4.69, 9.17) is 9.47 Å². The van der Waals surface area contributed by atoms with Gasteiger partial charge in [-0.3, -0.25) is 9.78 Å². The molecule has 39 heavy (non-hydrogen) atoms. The monoisotopic (exact) mass is 536 g/mol. The van der Waals surface area contributed by atoms with Gasteiger partial charge in [-0.2, -0.15) is 0 Å². The van der Waals surface area contributed by atoms with E-state index in [-0.39, 0.29) is 17.6 Å². The molecular formula is C29H36N4O6. The number of carboxylic acids is 1. The highest BCUT2D eigenvalue weighted by molar-refractivity contribution is 6.06. The maximum absolute atomic E-state index is 13.0. The van der Waals surface area contributed by atoms with Crippen LogP contribution in [0.4, 0.5) is 10.6 Å². The van der Waals surface area contributed by atoms with Crippen LogP contribution in [-0.2, 0) is 32.5 Å². The summed E-state index contributed by atoms with van der Waals surface area (Å²) in [6.45, 7) is 7.27. The Kier molecular flexibility index (Phi) is 8.34. The van der Waals surface area contributed by atoms with E-state index < -0.39 is 17.0 Å². The smallest absolute Gasteiger partial charge is 0.410 e. The van der Waals surface area contributed by atoms with Crippen LogP contribution >= 0.6 is 0 Å². The number of amides is 2. The number of aromatic nitrogens is 2. The highest BCUT2D eigenvalue weighted by atomic mass is 16.6. The number of fused-ring (bicyclic) bond motifs is 3. The number of ether oxygens (including phenoxy) is 2. The Morgan fingerprint density at radius 3 is 2.69 bits per heavy atom. The van der Waals surface area contributed by atoms with Crippen LogP contribution in [0.15, 0.2) is 30.6 Å². The first kappa shape index (κ1) is 28.2. The van der Waals surface area contributed by atoms with Crippen LogP contribution in [0.5, 0.6) is 0 Å². The average molecular weight is 537 g/mol. The van der Waals surface area contributed by atoms with Crippen molar-refractivity contribution < 1.29 is 29.0 Å². The number of anilines is 1. The summed E-state index contributed by atoms with van der Waals surface area (Å²) in [6, 6.07) is 3.57. The third-order valence-corrected chi connectivity index (χ3v) is 6.87. The van der Waals surface area contributed by atoms with E-state index in [1.54, 1.807) is 24.2 Å². The topological polar surface area (TPSA) is 131 Å². The van der Waals surface area contributed by atoms with Crippen molar-refractivity contribution >= 4 is 29.9 Å². The normalized spacial score (nSPS) is 17.8. The maximum Gasteiger partial charge on any atom is 0.410 e. The summed E-state index contributed by atoms with van der Waals surface area (Å²) in [4.78, 5) is 46.7. The number of hydrogen-bond donors (Lipinski definition) is 2. The predicted molar refractivity (Wildman–Crippen MR) is 146 cm³/mol. The second kappa shape index (κ2) is 11.5. The minimum Gasteiger partial charge on any atom is -0.478 e. The quantitative estimate of drug-likeness (QED) is 0.432. The summed E-state index contributed by atoms with van der Waals surface area (Å²) < 4.78 is 11.1. The molecule has 1 atom stereocenters. The molecule has 1 spiro atoms. The Morgan fingerprint density at radius 2 is 1.95 bits per heavy atom. The molecule has 2 aromatic heterocycles. The fraction of sp³-hybridized carbons (Fsp3) is 0.483. The number of unbranched alkanes of at least 4 members (excludes halogenated alkanes) is 2. The van der Waals surface area contributed by atoms with Gasteiger partial charge < -0.3 is 24.8 Å². The Morgan fingerprint density at radius 1 is 1.15 bits per heavy atom. The van der Waals surface area contributed by atoms with E-state index >= 15 is 0 Å². The summed E-state index contributed by atoms with van der Waals surface area (Å²) in [5.41, 5.74) is 1.99. The lowest BCUT2D eigenvalue weighted by Gasteiger charge is -2.24. The Hall–Kier alpha value is -3.79. The van der Waals surface area contributed by atoms with Crippen LogP contribution in [0.25, 0.3) is 6.08 Å². The summed E-state index contributed by atoms with van der Waals surface area (Å²) in [7, 11) is 1.74. The number of rotatable bonds is 10. The number of pyridine rings is 2. The van der Waals surface area contributed by atoms with E-state index in [9.17, 15) is 19.5 Å². The molecule has 0 aromatic carbocycles. The van der Waals surface area contributed by atoms with Crippen molar-refractivity contribution in [1.29, 1.82) is 0 Å². The number of carbonyl (C=O) groups is 3. The van der Waals surface area contributed by atoms with Crippen molar-refractivity contribution in [3.8, 4) is 0 Å². The van der Waals surface area contributed by atoms with E-state index in [1.807, 2.05) is 39.0 Å². The zero-order valence-electron chi connectivity index (χ0n) is 23.0. The SMILES string of the molecule is CN(CCCCCOC/C=C/c1cnc2c(c1)[C@@]1(Cc3cc(C(=O)O)cnc3C1)C(=O)N2)C(=O)OC(C)(C)C. The van der Waals surface area contributed by atoms with Gasteiger partial charge in [0, 0.05) is 50.3 Å². The van der Waals surface area contributed by atoms with Gasteiger partial charge in [0.2, 0.25) is 5.91 Å². The highest BCUT2D eigenvalue weighted by Crippen LogP contribution is 2.46. The van der Waals surface area contributed by atoms with Crippen molar-refractivity contribution in [3.63, 3.8) is 0 Å². The molecule has 2 amide bonds. The van der Waals surface area contributed by atoms with Crippen molar-refractivity contribution in [2.75, 3.05) is 32.1 Å². The molecule has 2 aliphatic rings. The van der Waals surface area contributed by atoms with Crippen LogP contribution in [-0.4, -0.2) is 70.4 Å². The lowest BCUT2D eigenvalue weighted by atomic mass is 9.79. The second-order valence-electron chi connectivity index (χ2n) is 11.1. The molecule has 2 N–H and O–H groups in total. The number of aromatic carboxylic acids is 1. The highest BCUT2D eigenvalue weighted by Gasteiger charge is 2.52. The van der Waals surface area contributed by atoms with E-state index in [1.165, 1.54) is 6.20 Å². The first-order valence-corrected chi connectivity index (χ1v) is 13.2. The lowest BCUT2D eigenvalue weighted by Crippen LogP contribution is -2.35. The molecule has 0 saturated carbocycles. The summed E-state index contributed by atoms with van der Waals surface area (Å²) in [6.07, 6.45) is 10.1. The summed E-state index contributed by atoms with van der Waals surface area (Å²) in [5, 5.41) is 12.2. The largest absolute Gasteiger partial charge is 0.478 e. The molecule has 1 aliphatic heterocycles. The molecule has 0 saturated heterocycles. The molecule has 3 heterocycles. The third kappa shape index (κ3) is 6.62. The Balaban J connectivity index is 1.24. The first-order valence-electron chi connectivity index (χ1n) is 13.2. The van der Waals surface area contributed by atoms with E-state index in [0.717, 1.165) is 41.6 Å². The van der Waals surface area contributed by atoms with Gasteiger partial charge in [0.05, 0.1) is 17.6 Å². The standard InChI is InChI=1S/C29H36N4O6/c1-28(2,3)39-27(37)33(4)10-6-5-7-11-38-12-8-9-19-13-22-24(31-17-19)32-26(36)29(22)15-20-14-21(25(34)35)18-30-23(20)16-29/h8-9,13-14,17-18H,5-7,10-12,15-16H2,1-4H3,(H,34,35)(H,31,32,36)/b9-8+/t29-/m0/s1. The minimum absolute atomic E-state index is 0.118. The summed E-state index contributed by atoms with van der Waals surface area (Å²) in [5.74, 6) is -0.636. The van der Waals surface area contributed by atoms with Gasteiger partial charge >= 0.3 is 12.1 Å². The Labute approximate surface area is 228 Å². The molecule has 10 heteroatoms. The molecule has 0 fully saturated rings. The molecule has 0 bridgehead atoms. The number of carboxylic acid groups (broad SMARTS) is 1. The summed E-state index contributed by atoms with van der Waals surface area (Å²) >= 11 is 0. The van der Waals surface area contributed by atoms with E-state index in [2.05, 4.69) is 15.3 Å². The third-order valence-electron chi connectivity index (χ3n) is 6.87. The molecule has 1 aliphatic carbocycles. The van der Waals surface area contributed by atoms with Crippen LogP contribution < -0.4 is 5.32 Å². The predicted octanol–water partition coefficient (Wildman–Crippen LogP) is 4.23.